The van der Waals surface area contributed by atoms with E-state index >= 15 is 0 Å². The average Bonchev–Trinajstić information content (AvgIpc) is 3.17. The van der Waals surface area contributed by atoms with E-state index in [2.05, 4.69) is 5.32 Å². The SMILES string of the molecule is CSc1c(NCCCOCC2CC2)sc(C(N)=O)c1N. The molecule has 0 bridgehead atoms. The molecule has 7 heteroatoms. The number of thiophene rings is 1. The molecular formula is C13H21N3O2S2. The standard InChI is InChI=1S/C13H21N3O2S2/c1-19-11-9(14)10(12(15)17)20-13(11)16-5-2-6-18-7-8-3-4-8/h8,16H,2-7,14H2,1H3,(H2,15,17). The Morgan fingerprint density at radius 1 is 1.55 bits per heavy atom. The number of anilines is 2. The molecule has 0 saturated heterocycles. The van der Waals surface area contributed by atoms with E-state index in [1.165, 1.54) is 35.9 Å². The first-order valence-corrected chi connectivity index (χ1v) is 8.75. The Labute approximate surface area is 127 Å². The quantitative estimate of drug-likeness (QED) is 0.481. The van der Waals surface area contributed by atoms with Crippen LogP contribution in [0.4, 0.5) is 10.7 Å². The van der Waals surface area contributed by atoms with Crippen LogP contribution in [0.15, 0.2) is 4.90 Å². The van der Waals surface area contributed by atoms with Gasteiger partial charge in [0.25, 0.3) is 5.91 Å². The second kappa shape index (κ2) is 7.19. The van der Waals surface area contributed by atoms with E-state index in [0.29, 0.717) is 10.6 Å². The number of thioether (sulfide) groups is 1. The summed E-state index contributed by atoms with van der Waals surface area (Å²) in [5.74, 6) is 0.338. The molecule has 5 N–H and O–H groups in total. The topological polar surface area (TPSA) is 90.4 Å². The molecule has 20 heavy (non-hydrogen) atoms. The maximum absolute atomic E-state index is 11.3. The predicted molar refractivity (Wildman–Crippen MR) is 85.7 cm³/mol. The summed E-state index contributed by atoms with van der Waals surface area (Å²) in [6, 6.07) is 0. The fourth-order valence-corrected chi connectivity index (χ4v) is 3.75. The fourth-order valence-electron chi connectivity index (χ4n) is 1.84. The number of primary amides is 1. The number of rotatable bonds is 9. The summed E-state index contributed by atoms with van der Waals surface area (Å²) >= 11 is 2.85. The van der Waals surface area contributed by atoms with E-state index in [1.54, 1.807) is 0 Å². The van der Waals surface area contributed by atoms with Crippen molar-refractivity contribution in [1.29, 1.82) is 0 Å². The van der Waals surface area contributed by atoms with Crippen LogP contribution < -0.4 is 16.8 Å². The molecule has 112 valence electrons. The van der Waals surface area contributed by atoms with E-state index in [-0.39, 0.29) is 0 Å². The lowest BCUT2D eigenvalue weighted by atomic mass is 10.3. The third kappa shape index (κ3) is 4.04. The number of ether oxygens (including phenoxy) is 1. The normalized spacial score (nSPS) is 14.4. The van der Waals surface area contributed by atoms with Gasteiger partial charge in [-0.15, -0.1) is 23.1 Å². The Bertz CT molecular complexity index is 472. The summed E-state index contributed by atoms with van der Waals surface area (Å²) in [6.07, 6.45) is 5.51. The van der Waals surface area contributed by atoms with Crippen LogP contribution in [0.25, 0.3) is 0 Å². The first kappa shape index (κ1) is 15.5. The van der Waals surface area contributed by atoms with Crippen molar-refractivity contribution in [2.45, 2.75) is 24.2 Å². The number of carbonyl (C=O) groups is 1. The van der Waals surface area contributed by atoms with Gasteiger partial charge in [0.1, 0.15) is 9.88 Å². The van der Waals surface area contributed by atoms with Gasteiger partial charge >= 0.3 is 0 Å². The van der Waals surface area contributed by atoms with Crippen LogP contribution in [0.5, 0.6) is 0 Å². The maximum Gasteiger partial charge on any atom is 0.261 e. The van der Waals surface area contributed by atoms with Crippen molar-refractivity contribution in [2.75, 3.05) is 37.1 Å². The zero-order valence-electron chi connectivity index (χ0n) is 11.6. The van der Waals surface area contributed by atoms with Gasteiger partial charge in [-0.3, -0.25) is 4.79 Å². The number of carbonyl (C=O) groups excluding carboxylic acids is 1. The van der Waals surface area contributed by atoms with Gasteiger partial charge < -0.3 is 21.5 Å². The molecule has 1 heterocycles. The molecular weight excluding hydrogens is 294 g/mol. The van der Waals surface area contributed by atoms with Crippen molar-refractivity contribution in [3.63, 3.8) is 0 Å². The minimum atomic E-state index is -0.469. The molecule has 1 aliphatic carbocycles. The van der Waals surface area contributed by atoms with Crippen molar-refractivity contribution in [3.8, 4) is 0 Å². The van der Waals surface area contributed by atoms with Crippen molar-refractivity contribution in [3.05, 3.63) is 4.88 Å². The van der Waals surface area contributed by atoms with Gasteiger partial charge in [0.15, 0.2) is 0 Å². The van der Waals surface area contributed by atoms with E-state index < -0.39 is 5.91 Å². The monoisotopic (exact) mass is 315 g/mol. The first-order chi connectivity index (χ1) is 9.63. The second-order valence-corrected chi connectivity index (χ2v) is 6.71. The molecule has 1 fully saturated rings. The summed E-state index contributed by atoms with van der Waals surface area (Å²) in [6.45, 7) is 2.46. The van der Waals surface area contributed by atoms with E-state index in [1.807, 2.05) is 6.26 Å². The molecule has 5 nitrogen and oxygen atoms in total. The zero-order valence-corrected chi connectivity index (χ0v) is 13.2. The highest BCUT2D eigenvalue weighted by Crippen LogP contribution is 2.41. The Hall–Kier alpha value is -0.920. The van der Waals surface area contributed by atoms with Crippen molar-refractivity contribution < 1.29 is 9.53 Å². The molecule has 1 saturated carbocycles. The van der Waals surface area contributed by atoms with E-state index in [4.69, 9.17) is 16.2 Å². The van der Waals surface area contributed by atoms with Gasteiger partial charge in [0, 0.05) is 19.8 Å². The largest absolute Gasteiger partial charge is 0.396 e. The van der Waals surface area contributed by atoms with Gasteiger partial charge in [-0.2, -0.15) is 0 Å². The third-order valence-corrected chi connectivity index (χ3v) is 5.27. The van der Waals surface area contributed by atoms with Crippen molar-refractivity contribution >= 4 is 39.7 Å². The van der Waals surface area contributed by atoms with Crippen LogP contribution >= 0.6 is 23.1 Å². The number of hydrogen-bond donors (Lipinski definition) is 3. The minimum absolute atomic E-state index is 0.432. The van der Waals surface area contributed by atoms with Crippen LogP contribution in [0.1, 0.15) is 28.9 Å². The lowest BCUT2D eigenvalue weighted by Gasteiger charge is -2.06. The summed E-state index contributed by atoms with van der Waals surface area (Å²) < 4.78 is 5.58. The summed E-state index contributed by atoms with van der Waals surface area (Å²) in [5.41, 5.74) is 11.7. The first-order valence-electron chi connectivity index (χ1n) is 6.71. The molecule has 0 atom stereocenters. The van der Waals surface area contributed by atoms with Crippen LogP contribution in [-0.2, 0) is 4.74 Å². The lowest BCUT2D eigenvalue weighted by Crippen LogP contribution is -2.10. The highest BCUT2D eigenvalue weighted by Gasteiger charge is 2.21. The third-order valence-electron chi connectivity index (χ3n) is 3.13. The number of nitrogens with two attached hydrogens (primary N) is 2. The Morgan fingerprint density at radius 2 is 2.30 bits per heavy atom. The molecule has 0 spiro atoms. The predicted octanol–water partition coefficient (Wildman–Crippen LogP) is 2.38. The molecule has 1 aromatic heterocycles. The number of nitrogens with one attached hydrogen (secondary N) is 1. The van der Waals surface area contributed by atoms with Crippen LogP contribution in [0, 0.1) is 5.92 Å². The Kier molecular flexibility index (Phi) is 5.56. The molecule has 0 radical (unpaired) electrons. The average molecular weight is 315 g/mol. The van der Waals surface area contributed by atoms with Crippen LogP contribution in [0.2, 0.25) is 0 Å². The summed E-state index contributed by atoms with van der Waals surface area (Å²) in [5, 5.41) is 4.24. The van der Waals surface area contributed by atoms with Gasteiger partial charge in [0.05, 0.1) is 10.6 Å². The molecule has 1 amide bonds. The molecule has 0 unspecified atom stereocenters. The Morgan fingerprint density at radius 3 is 2.90 bits per heavy atom. The second-order valence-electron chi connectivity index (χ2n) is 4.87. The number of nitrogen functional groups attached to an aromatic ring is 1. The van der Waals surface area contributed by atoms with Crippen molar-refractivity contribution in [2.24, 2.45) is 11.7 Å². The summed E-state index contributed by atoms with van der Waals surface area (Å²) in [4.78, 5) is 12.6. The van der Waals surface area contributed by atoms with Crippen molar-refractivity contribution in [1.82, 2.24) is 0 Å². The number of amides is 1. The molecule has 1 aromatic rings. The highest BCUT2D eigenvalue weighted by molar-refractivity contribution is 7.99. The van der Waals surface area contributed by atoms with E-state index in [0.717, 1.165) is 42.0 Å². The minimum Gasteiger partial charge on any atom is -0.396 e. The Balaban J connectivity index is 1.78. The highest BCUT2D eigenvalue weighted by atomic mass is 32.2. The molecule has 1 aliphatic rings. The molecule has 2 rings (SSSR count). The maximum atomic E-state index is 11.3. The zero-order chi connectivity index (χ0) is 14.5. The van der Waals surface area contributed by atoms with E-state index in [9.17, 15) is 4.79 Å². The van der Waals surface area contributed by atoms with Gasteiger partial charge in [-0.25, -0.2) is 0 Å². The van der Waals surface area contributed by atoms with Gasteiger partial charge in [-0.1, -0.05) is 0 Å². The number of hydrogen-bond acceptors (Lipinski definition) is 6. The van der Waals surface area contributed by atoms with Gasteiger partial charge in [-0.05, 0) is 31.4 Å². The van der Waals surface area contributed by atoms with Crippen LogP contribution in [-0.4, -0.2) is 31.9 Å². The summed E-state index contributed by atoms with van der Waals surface area (Å²) in [7, 11) is 0. The fraction of sp³-hybridized carbons (Fsp3) is 0.615. The smallest absolute Gasteiger partial charge is 0.261 e. The molecule has 0 aromatic carbocycles. The van der Waals surface area contributed by atoms with Gasteiger partial charge in [0.2, 0.25) is 0 Å². The van der Waals surface area contributed by atoms with Crippen LogP contribution in [0.3, 0.4) is 0 Å². The lowest BCUT2D eigenvalue weighted by molar-refractivity contribution is 0.100. The molecule has 0 aliphatic heterocycles.